The molecule has 3 rings (SSSR count). The lowest BCUT2D eigenvalue weighted by Gasteiger charge is -2.40. The zero-order valence-corrected chi connectivity index (χ0v) is 15.0. The van der Waals surface area contributed by atoms with Gasteiger partial charge in [0.2, 0.25) is 0 Å². The SMILES string of the molecule is CN(C(N)=NC1CC(F)(c2cccc(Cl)c2)C1)C1CC1.I. The van der Waals surface area contributed by atoms with E-state index in [1.165, 1.54) is 12.8 Å². The number of nitrogens with zero attached hydrogens (tertiary/aromatic N) is 2. The lowest BCUT2D eigenvalue weighted by Crippen LogP contribution is -2.43. The Morgan fingerprint density at radius 2 is 2.10 bits per heavy atom. The van der Waals surface area contributed by atoms with Gasteiger partial charge in [0.15, 0.2) is 5.96 Å². The Bertz CT molecular complexity index is 541. The molecule has 0 spiro atoms. The molecule has 0 aromatic heterocycles. The van der Waals surface area contributed by atoms with Crippen molar-refractivity contribution in [2.45, 2.75) is 43.4 Å². The molecule has 2 N–H and O–H groups in total. The van der Waals surface area contributed by atoms with Crippen molar-refractivity contribution >= 4 is 41.5 Å². The molecule has 0 amide bonds. The van der Waals surface area contributed by atoms with Crippen molar-refractivity contribution in [1.82, 2.24) is 4.90 Å². The Morgan fingerprint density at radius 1 is 1.43 bits per heavy atom. The van der Waals surface area contributed by atoms with Crippen LogP contribution in [0.15, 0.2) is 29.3 Å². The van der Waals surface area contributed by atoms with Crippen LogP contribution in [-0.2, 0) is 5.67 Å². The van der Waals surface area contributed by atoms with E-state index in [0.29, 0.717) is 35.4 Å². The molecule has 21 heavy (non-hydrogen) atoms. The van der Waals surface area contributed by atoms with E-state index in [2.05, 4.69) is 4.99 Å². The fraction of sp³-hybridized carbons (Fsp3) is 0.533. The quantitative estimate of drug-likeness (QED) is 0.458. The summed E-state index contributed by atoms with van der Waals surface area (Å²) in [4.78, 5) is 6.43. The van der Waals surface area contributed by atoms with Gasteiger partial charge in [0.1, 0.15) is 5.67 Å². The third-order valence-electron chi connectivity index (χ3n) is 4.23. The lowest BCUT2D eigenvalue weighted by atomic mass is 9.73. The largest absolute Gasteiger partial charge is 0.370 e. The van der Waals surface area contributed by atoms with E-state index >= 15 is 0 Å². The maximum Gasteiger partial charge on any atom is 0.191 e. The van der Waals surface area contributed by atoms with E-state index in [4.69, 9.17) is 17.3 Å². The summed E-state index contributed by atoms with van der Waals surface area (Å²) in [5, 5.41) is 0.569. The van der Waals surface area contributed by atoms with Crippen LogP contribution in [0.5, 0.6) is 0 Å². The first-order chi connectivity index (χ1) is 9.48. The smallest absolute Gasteiger partial charge is 0.191 e. The molecule has 0 bridgehead atoms. The molecule has 0 aliphatic heterocycles. The van der Waals surface area contributed by atoms with Gasteiger partial charge in [-0.2, -0.15) is 0 Å². The van der Waals surface area contributed by atoms with Crippen molar-refractivity contribution < 1.29 is 4.39 Å². The molecule has 2 aliphatic carbocycles. The topological polar surface area (TPSA) is 41.6 Å². The molecule has 2 fully saturated rings. The normalized spacial score (nSPS) is 28.5. The predicted octanol–water partition coefficient (Wildman–Crippen LogP) is 3.69. The summed E-state index contributed by atoms with van der Waals surface area (Å²) in [6.45, 7) is 0. The number of guanidine groups is 1. The highest BCUT2D eigenvalue weighted by Gasteiger charge is 2.46. The number of halogens is 3. The Morgan fingerprint density at radius 3 is 2.67 bits per heavy atom. The van der Waals surface area contributed by atoms with Crippen LogP contribution in [0.4, 0.5) is 4.39 Å². The highest BCUT2D eigenvalue weighted by Crippen LogP contribution is 2.47. The van der Waals surface area contributed by atoms with Gasteiger partial charge in [0, 0.05) is 31.0 Å². The van der Waals surface area contributed by atoms with Crippen molar-refractivity contribution in [3.63, 3.8) is 0 Å². The van der Waals surface area contributed by atoms with Crippen molar-refractivity contribution in [2.75, 3.05) is 7.05 Å². The van der Waals surface area contributed by atoms with Gasteiger partial charge in [0.05, 0.1) is 6.04 Å². The van der Waals surface area contributed by atoms with Gasteiger partial charge in [-0.25, -0.2) is 9.38 Å². The monoisotopic (exact) mass is 423 g/mol. The van der Waals surface area contributed by atoms with E-state index in [1.54, 1.807) is 24.3 Å². The number of alkyl halides is 1. The molecular formula is C15H20ClFIN3. The summed E-state index contributed by atoms with van der Waals surface area (Å²) in [6.07, 6.45) is 3.11. The first-order valence-corrected chi connectivity index (χ1v) is 7.37. The zero-order chi connectivity index (χ0) is 14.3. The highest BCUT2D eigenvalue weighted by atomic mass is 127. The van der Waals surface area contributed by atoms with Crippen LogP contribution in [0.25, 0.3) is 0 Å². The van der Waals surface area contributed by atoms with Crippen LogP contribution in [0.3, 0.4) is 0 Å². The molecule has 0 atom stereocenters. The minimum Gasteiger partial charge on any atom is -0.370 e. The second kappa shape index (κ2) is 6.28. The van der Waals surface area contributed by atoms with Gasteiger partial charge in [-0.15, -0.1) is 24.0 Å². The van der Waals surface area contributed by atoms with Crippen LogP contribution < -0.4 is 5.73 Å². The van der Waals surface area contributed by atoms with Crippen LogP contribution >= 0.6 is 35.6 Å². The molecule has 0 heterocycles. The van der Waals surface area contributed by atoms with Gasteiger partial charge in [-0.1, -0.05) is 23.7 Å². The van der Waals surface area contributed by atoms with Crippen LogP contribution in [-0.4, -0.2) is 30.0 Å². The maximum atomic E-state index is 14.7. The number of benzene rings is 1. The molecular weight excluding hydrogens is 404 g/mol. The third-order valence-corrected chi connectivity index (χ3v) is 4.47. The van der Waals surface area contributed by atoms with Crippen molar-refractivity contribution in [3.05, 3.63) is 34.9 Å². The highest BCUT2D eigenvalue weighted by molar-refractivity contribution is 14.0. The molecule has 116 valence electrons. The van der Waals surface area contributed by atoms with E-state index in [-0.39, 0.29) is 30.0 Å². The Labute approximate surface area is 146 Å². The van der Waals surface area contributed by atoms with E-state index in [1.807, 2.05) is 11.9 Å². The third kappa shape index (κ3) is 3.62. The Kier molecular flexibility index (Phi) is 5.03. The molecule has 0 saturated heterocycles. The summed E-state index contributed by atoms with van der Waals surface area (Å²) in [6, 6.07) is 7.52. The summed E-state index contributed by atoms with van der Waals surface area (Å²) in [5.74, 6) is 0.533. The molecule has 0 unspecified atom stereocenters. The van der Waals surface area contributed by atoms with Gasteiger partial charge < -0.3 is 10.6 Å². The minimum atomic E-state index is -1.31. The summed E-state index contributed by atoms with van der Waals surface area (Å²) in [7, 11) is 1.95. The molecule has 1 aromatic carbocycles. The van der Waals surface area contributed by atoms with Crippen LogP contribution in [0.1, 0.15) is 31.2 Å². The molecule has 2 saturated carbocycles. The molecule has 2 aliphatic rings. The molecule has 0 radical (unpaired) electrons. The summed E-state index contributed by atoms with van der Waals surface area (Å²) >= 11 is 5.92. The van der Waals surface area contributed by atoms with E-state index < -0.39 is 5.67 Å². The number of hydrogen-bond donors (Lipinski definition) is 1. The predicted molar refractivity (Wildman–Crippen MR) is 95.1 cm³/mol. The zero-order valence-electron chi connectivity index (χ0n) is 11.9. The molecule has 6 heteroatoms. The number of rotatable bonds is 3. The fourth-order valence-electron chi connectivity index (χ4n) is 2.71. The standard InChI is InChI=1S/C15H19ClFN3.HI/c1-20(13-5-6-13)14(18)19-12-8-15(17,9-12)10-3-2-4-11(16)7-10;/h2-4,7,12-13H,5-6,8-9H2,1H3,(H2,18,19);1H. The molecule has 1 aromatic rings. The fourth-order valence-corrected chi connectivity index (χ4v) is 2.90. The van der Waals surface area contributed by atoms with E-state index in [9.17, 15) is 4.39 Å². The first-order valence-electron chi connectivity index (χ1n) is 6.99. The molecule has 3 nitrogen and oxygen atoms in total. The van der Waals surface area contributed by atoms with Gasteiger partial charge in [0.25, 0.3) is 0 Å². The van der Waals surface area contributed by atoms with Gasteiger partial charge in [-0.05, 0) is 30.5 Å². The van der Waals surface area contributed by atoms with E-state index in [0.717, 1.165) is 0 Å². The van der Waals surface area contributed by atoms with Crippen LogP contribution in [0, 0.1) is 0 Å². The Hall–Kier alpha value is -0.560. The van der Waals surface area contributed by atoms with Crippen molar-refractivity contribution in [3.8, 4) is 0 Å². The Balaban J connectivity index is 0.00000161. The summed E-state index contributed by atoms with van der Waals surface area (Å²) < 4.78 is 14.7. The van der Waals surface area contributed by atoms with Gasteiger partial charge in [-0.3, -0.25) is 0 Å². The second-order valence-electron chi connectivity index (χ2n) is 5.87. The summed E-state index contributed by atoms with van der Waals surface area (Å²) in [5.41, 5.74) is 5.29. The minimum absolute atomic E-state index is 0. The maximum absolute atomic E-state index is 14.7. The number of aliphatic imine (C=N–C) groups is 1. The number of nitrogens with two attached hydrogens (primary N) is 1. The average molecular weight is 424 g/mol. The van der Waals surface area contributed by atoms with Crippen molar-refractivity contribution in [2.24, 2.45) is 10.7 Å². The average Bonchev–Trinajstić information content (AvgIpc) is 3.20. The number of hydrogen-bond acceptors (Lipinski definition) is 1. The van der Waals surface area contributed by atoms with Crippen molar-refractivity contribution in [1.29, 1.82) is 0 Å². The van der Waals surface area contributed by atoms with Crippen LogP contribution in [0.2, 0.25) is 5.02 Å². The first kappa shape index (κ1) is 16.8. The second-order valence-corrected chi connectivity index (χ2v) is 6.30. The van der Waals surface area contributed by atoms with Gasteiger partial charge >= 0.3 is 0 Å². The lowest BCUT2D eigenvalue weighted by molar-refractivity contribution is 0.0410.